The second kappa shape index (κ2) is 6.98. The summed E-state index contributed by atoms with van der Waals surface area (Å²) in [6.07, 6.45) is -0.358. The molecule has 0 saturated carbocycles. The first-order chi connectivity index (χ1) is 12.9. The maximum Gasteiger partial charge on any atom is 0.289 e. The Labute approximate surface area is 161 Å². The van der Waals surface area contributed by atoms with E-state index in [9.17, 15) is 15.0 Å². The fourth-order valence-electron chi connectivity index (χ4n) is 4.00. The number of aliphatic hydroxyl groups is 2. The molecule has 146 valence electrons. The molecule has 2 N–H and O–H groups in total. The minimum absolute atomic E-state index is 0.215. The standard InChI is InChI=1S/C19H22ClNO6/c1-25-14-10-12(20)8-11-9-15(27-16(11)14)18(24)21-5-3-19(4-6-21)17(23)13(22)2-7-26-19/h8-10,13,17,22-23H,2-7H2,1H3/t13-,17-/m0/s1. The number of furan rings is 1. The number of rotatable bonds is 2. The maximum atomic E-state index is 12.9. The number of likely N-dealkylation sites (tertiary alicyclic amines) is 1. The second-order valence-corrected chi connectivity index (χ2v) is 7.58. The van der Waals surface area contributed by atoms with Crippen molar-refractivity contribution in [2.45, 2.75) is 37.1 Å². The topological polar surface area (TPSA) is 92.4 Å². The predicted molar refractivity (Wildman–Crippen MR) is 98.2 cm³/mol. The Balaban J connectivity index is 1.52. The van der Waals surface area contributed by atoms with E-state index < -0.39 is 17.8 Å². The number of carbonyl (C=O) groups excluding carboxylic acids is 1. The van der Waals surface area contributed by atoms with E-state index in [2.05, 4.69) is 0 Å². The molecule has 1 amide bonds. The number of hydrogen-bond acceptors (Lipinski definition) is 6. The summed E-state index contributed by atoms with van der Waals surface area (Å²) < 4.78 is 16.8. The van der Waals surface area contributed by atoms with Gasteiger partial charge in [-0.25, -0.2) is 0 Å². The Hall–Kier alpha value is -1.80. The highest BCUT2D eigenvalue weighted by Crippen LogP contribution is 2.37. The molecule has 4 rings (SSSR count). The van der Waals surface area contributed by atoms with E-state index in [1.54, 1.807) is 23.1 Å². The number of benzene rings is 1. The van der Waals surface area contributed by atoms with E-state index >= 15 is 0 Å². The van der Waals surface area contributed by atoms with Crippen LogP contribution in [0.5, 0.6) is 5.75 Å². The molecule has 8 heteroatoms. The number of methoxy groups -OCH3 is 1. The minimum atomic E-state index is -0.930. The van der Waals surface area contributed by atoms with Gasteiger partial charge >= 0.3 is 0 Å². The van der Waals surface area contributed by atoms with Crippen LogP contribution in [-0.2, 0) is 4.74 Å². The fourth-order valence-corrected chi connectivity index (χ4v) is 4.22. The quantitative estimate of drug-likeness (QED) is 0.810. The molecule has 3 heterocycles. The van der Waals surface area contributed by atoms with Crippen molar-refractivity contribution in [2.24, 2.45) is 0 Å². The van der Waals surface area contributed by atoms with E-state index in [-0.39, 0.29) is 11.7 Å². The van der Waals surface area contributed by atoms with Crippen molar-refractivity contribution in [3.05, 3.63) is 29.0 Å². The van der Waals surface area contributed by atoms with E-state index in [0.717, 1.165) is 0 Å². The zero-order valence-corrected chi connectivity index (χ0v) is 15.7. The van der Waals surface area contributed by atoms with Crippen LogP contribution in [0.2, 0.25) is 5.02 Å². The number of aliphatic hydroxyl groups excluding tert-OH is 2. The van der Waals surface area contributed by atoms with Crippen LogP contribution in [0.25, 0.3) is 11.0 Å². The van der Waals surface area contributed by atoms with Crippen LogP contribution in [0.4, 0.5) is 0 Å². The van der Waals surface area contributed by atoms with Crippen molar-refractivity contribution in [3.8, 4) is 5.75 Å². The van der Waals surface area contributed by atoms with Crippen molar-refractivity contribution in [1.82, 2.24) is 4.90 Å². The predicted octanol–water partition coefficient (Wildman–Crippen LogP) is 2.21. The largest absolute Gasteiger partial charge is 0.493 e. The van der Waals surface area contributed by atoms with Crippen molar-refractivity contribution < 1.29 is 28.9 Å². The number of piperidine rings is 1. The average Bonchev–Trinajstić information content (AvgIpc) is 3.09. The van der Waals surface area contributed by atoms with Gasteiger partial charge in [-0.15, -0.1) is 0 Å². The summed E-state index contributed by atoms with van der Waals surface area (Å²) >= 11 is 6.07. The van der Waals surface area contributed by atoms with Gasteiger partial charge in [0.2, 0.25) is 0 Å². The number of ether oxygens (including phenoxy) is 2. The van der Waals surface area contributed by atoms with E-state index in [4.69, 9.17) is 25.5 Å². The first-order valence-electron chi connectivity index (χ1n) is 9.00. The van der Waals surface area contributed by atoms with Crippen LogP contribution >= 0.6 is 11.6 Å². The van der Waals surface area contributed by atoms with Gasteiger partial charge in [0, 0.05) is 29.6 Å². The van der Waals surface area contributed by atoms with Crippen LogP contribution in [0.15, 0.2) is 22.6 Å². The lowest BCUT2D eigenvalue weighted by atomic mass is 9.80. The normalized spacial score (nSPS) is 25.1. The van der Waals surface area contributed by atoms with E-state index in [1.807, 2.05) is 0 Å². The first-order valence-corrected chi connectivity index (χ1v) is 9.38. The average molecular weight is 396 g/mol. The lowest BCUT2D eigenvalue weighted by molar-refractivity contribution is -0.212. The fraction of sp³-hybridized carbons (Fsp3) is 0.526. The van der Waals surface area contributed by atoms with Crippen LogP contribution in [-0.4, -0.2) is 65.6 Å². The molecule has 1 aromatic heterocycles. The lowest BCUT2D eigenvalue weighted by Gasteiger charge is -2.48. The number of carbonyl (C=O) groups is 1. The summed E-state index contributed by atoms with van der Waals surface area (Å²) in [5, 5.41) is 21.5. The van der Waals surface area contributed by atoms with Gasteiger partial charge in [-0.05, 0) is 31.4 Å². The molecule has 2 aliphatic heterocycles. The molecule has 0 radical (unpaired) electrons. The van der Waals surface area contributed by atoms with Crippen LogP contribution in [0.3, 0.4) is 0 Å². The van der Waals surface area contributed by atoms with Crippen LogP contribution in [0.1, 0.15) is 29.8 Å². The van der Waals surface area contributed by atoms with Gasteiger partial charge in [0.25, 0.3) is 5.91 Å². The highest BCUT2D eigenvalue weighted by molar-refractivity contribution is 6.31. The Bertz CT molecular complexity index is 857. The lowest BCUT2D eigenvalue weighted by Crippen LogP contribution is -2.60. The molecule has 27 heavy (non-hydrogen) atoms. The van der Waals surface area contributed by atoms with Crippen LogP contribution < -0.4 is 4.74 Å². The van der Waals surface area contributed by atoms with Crippen LogP contribution in [0, 0.1) is 0 Å². The maximum absolute atomic E-state index is 12.9. The number of fused-ring (bicyclic) bond motifs is 1. The molecule has 1 spiro atoms. The second-order valence-electron chi connectivity index (χ2n) is 7.14. The number of amides is 1. The summed E-state index contributed by atoms with van der Waals surface area (Å²) in [5.74, 6) is 0.457. The molecule has 2 saturated heterocycles. The van der Waals surface area contributed by atoms with Gasteiger partial charge in [0.15, 0.2) is 17.1 Å². The third-order valence-corrected chi connectivity index (χ3v) is 5.80. The third kappa shape index (κ3) is 3.18. The highest BCUT2D eigenvalue weighted by atomic mass is 35.5. The Morgan fingerprint density at radius 2 is 2.04 bits per heavy atom. The molecule has 7 nitrogen and oxygen atoms in total. The zero-order chi connectivity index (χ0) is 19.2. The number of nitrogens with zero attached hydrogens (tertiary/aromatic N) is 1. The Morgan fingerprint density at radius 3 is 2.74 bits per heavy atom. The summed E-state index contributed by atoms with van der Waals surface area (Å²) in [4.78, 5) is 14.6. The first kappa shape index (κ1) is 18.6. The summed E-state index contributed by atoms with van der Waals surface area (Å²) in [7, 11) is 1.52. The smallest absolute Gasteiger partial charge is 0.289 e. The monoisotopic (exact) mass is 395 g/mol. The van der Waals surface area contributed by atoms with Crippen molar-refractivity contribution >= 4 is 28.5 Å². The molecule has 2 fully saturated rings. The Kier molecular flexibility index (Phi) is 4.80. The minimum Gasteiger partial charge on any atom is -0.493 e. The van der Waals surface area contributed by atoms with Gasteiger partial charge < -0.3 is 29.0 Å². The van der Waals surface area contributed by atoms with Crippen molar-refractivity contribution in [3.63, 3.8) is 0 Å². The highest BCUT2D eigenvalue weighted by Gasteiger charge is 2.48. The van der Waals surface area contributed by atoms with Gasteiger partial charge in [-0.1, -0.05) is 11.6 Å². The SMILES string of the molecule is COc1cc(Cl)cc2cc(C(=O)N3CCC4(CC3)OCC[C@H](O)[C@@H]4O)oc12. The van der Waals surface area contributed by atoms with Crippen molar-refractivity contribution in [2.75, 3.05) is 26.8 Å². The molecule has 2 atom stereocenters. The molecule has 0 bridgehead atoms. The number of hydrogen-bond donors (Lipinski definition) is 2. The molecule has 2 aromatic rings. The summed E-state index contributed by atoms with van der Waals surface area (Å²) in [5.41, 5.74) is -0.299. The van der Waals surface area contributed by atoms with Gasteiger partial charge in [0.05, 0.1) is 25.4 Å². The molecular formula is C19H22ClNO6. The molecule has 0 aliphatic carbocycles. The third-order valence-electron chi connectivity index (χ3n) is 5.58. The van der Waals surface area contributed by atoms with Gasteiger partial charge in [-0.2, -0.15) is 0 Å². The molecule has 2 aliphatic rings. The molecule has 0 unspecified atom stereocenters. The Morgan fingerprint density at radius 1 is 1.30 bits per heavy atom. The van der Waals surface area contributed by atoms with E-state index in [1.165, 1.54) is 7.11 Å². The van der Waals surface area contributed by atoms with Crippen molar-refractivity contribution in [1.29, 1.82) is 0 Å². The summed E-state index contributed by atoms with van der Waals surface area (Å²) in [6.45, 7) is 1.24. The van der Waals surface area contributed by atoms with Gasteiger partial charge in [-0.3, -0.25) is 4.79 Å². The number of halogens is 1. The zero-order valence-electron chi connectivity index (χ0n) is 15.0. The molecule has 1 aromatic carbocycles. The van der Waals surface area contributed by atoms with E-state index in [0.29, 0.717) is 60.7 Å². The summed E-state index contributed by atoms with van der Waals surface area (Å²) in [6, 6.07) is 5.02. The van der Waals surface area contributed by atoms with Gasteiger partial charge in [0.1, 0.15) is 6.10 Å². The molecular weight excluding hydrogens is 374 g/mol.